The van der Waals surface area contributed by atoms with Crippen LogP contribution in [0.25, 0.3) is 11.3 Å². The monoisotopic (exact) mass is 253 g/mol. The van der Waals surface area contributed by atoms with Crippen molar-refractivity contribution in [2.75, 3.05) is 0 Å². The van der Waals surface area contributed by atoms with Gasteiger partial charge in [-0.15, -0.1) is 0 Å². The predicted molar refractivity (Wildman–Crippen MR) is 73.3 cm³/mol. The number of aromatic nitrogens is 2. The largest absolute Gasteiger partial charge is 0.468 e. The van der Waals surface area contributed by atoms with Gasteiger partial charge in [-0.25, -0.2) is 0 Å². The minimum Gasteiger partial charge on any atom is -0.468 e. The number of benzene rings is 1. The Hall–Kier alpha value is -2.33. The molecule has 0 aliphatic carbocycles. The molecule has 19 heavy (non-hydrogen) atoms. The minimum atomic E-state index is 0.745. The number of H-pyrrole nitrogens is 1. The first-order chi connectivity index (χ1) is 9.42. The molecule has 0 bridgehead atoms. The van der Waals surface area contributed by atoms with Crippen LogP contribution in [0.3, 0.4) is 0 Å². The third-order valence-electron chi connectivity index (χ3n) is 2.97. The van der Waals surface area contributed by atoms with Crippen LogP contribution in [0.15, 0.2) is 59.3 Å². The van der Waals surface area contributed by atoms with Gasteiger partial charge in [0.1, 0.15) is 5.76 Å². The maximum absolute atomic E-state index is 5.27. The lowest BCUT2D eigenvalue weighted by Gasteiger charge is -2.04. The molecule has 0 amide bonds. The van der Waals surface area contributed by atoms with Crippen molar-refractivity contribution in [2.24, 2.45) is 0 Å². The summed E-state index contributed by atoms with van der Waals surface area (Å²) in [5.41, 5.74) is 3.43. The molecule has 4 heteroatoms. The zero-order chi connectivity index (χ0) is 12.9. The molecule has 2 heterocycles. The summed E-state index contributed by atoms with van der Waals surface area (Å²) < 4.78 is 5.27. The lowest BCUT2D eigenvalue weighted by Crippen LogP contribution is -2.11. The molecule has 2 aromatic heterocycles. The van der Waals surface area contributed by atoms with Gasteiger partial charge in [0.05, 0.1) is 18.5 Å². The van der Waals surface area contributed by atoms with Crippen molar-refractivity contribution in [3.63, 3.8) is 0 Å². The fourth-order valence-electron chi connectivity index (χ4n) is 1.96. The second-order valence-corrected chi connectivity index (χ2v) is 4.35. The third-order valence-corrected chi connectivity index (χ3v) is 2.97. The summed E-state index contributed by atoms with van der Waals surface area (Å²) in [6, 6.07) is 14.3. The lowest BCUT2D eigenvalue weighted by molar-refractivity contribution is 0.483. The molecule has 1 aromatic carbocycles. The Morgan fingerprint density at radius 1 is 1.05 bits per heavy atom. The maximum Gasteiger partial charge on any atom is 0.117 e. The van der Waals surface area contributed by atoms with Gasteiger partial charge in [0.15, 0.2) is 0 Å². The van der Waals surface area contributed by atoms with Crippen molar-refractivity contribution in [3.8, 4) is 11.3 Å². The predicted octanol–water partition coefficient (Wildman–Crippen LogP) is 2.96. The highest BCUT2D eigenvalue weighted by molar-refractivity contribution is 5.58. The number of aromatic amines is 1. The first kappa shape index (κ1) is 11.7. The van der Waals surface area contributed by atoms with Crippen LogP contribution < -0.4 is 5.32 Å². The molecule has 96 valence electrons. The van der Waals surface area contributed by atoms with Crippen LogP contribution in [-0.4, -0.2) is 10.2 Å². The smallest absolute Gasteiger partial charge is 0.117 e. The van der Waals surface area contributed by atoms with Gasteiger partial charge in [0, 0.05) is 12.7 Å². The second-order valence-electron chi connectivity index (χ2n) is 4.35. The van der Waals surface area contributed by atoms with E-state index in [1.54, 1.807) is 12.5 Å². The Kier molecular flexibility index (Phi) is 3.42. The number of furan rings is 1. The van der Waals surface area contributed by atoms with Crippen molar-refractivity contribution < 1.29 is 4.42 Å². The summed E-state index contributed by atoms with van der Waals surface area (Å²) in [4.78, 5) is 0. The van der Waals surface area contributed by atoms with Gasteiger partial charge in [-0.05, 0) is 29.3 Å². The van der Waals surface area contributed by atoms with E-state index in [4.69, 9.17) is 4.42 Å². The van der Waals surface area contributed by atoms with E-state index in [9.17, 15) is 0 Å². The average molecular weight is 253 g/mol. The molecule has 0 unspecified atom stereocenters. The maximum atomic E-state index is 5.27. The molecule has 0 saturated heterocycles. The molecule has 0 fully saturated rings. The average Bonchev–Trinajstić information content (AvgIpc) is 3.13. The van der Waals surface area contributed by atoms with Crippen LogP contribution in [0.2, 0.25) is 0 Å². The summed E-state index contributed by atoms with van der Waals surface area (Å²) >= 11 is 0. The van der Waals surface area contributed by atoms with Crippen molar-refractivity contribution in [2.45, 2.75) is 13.1 Å². The number of rotatable bonds is 5. The van der Waals surface area contributed by atoms with E-state index in [0.717, 1.165) is 30.1 Å². The summed E-state index contributed by atoms with van der Waals surface area (Å²) in [5.74, 6) is 0.953. The molecular formula is C15H15N3O. The van der Waals surface area contributed by atoms with E-state index in [2.05, 4.69) is 39.8 Å². The first-order valence-electron chi connectivity index (χ1n) is 6.23. The van der Waals surface area contributed by atoms with E-state index in [0.29, 0.717) is 0 Å². The molecule has 0 aliphatic heterocycles. The van der Waals surface area contributed by atoms with E-state index in [1.807, 2.05) is 18.2 Å². The van der Waals surface area contributed by atoms with Crippen LogP contribution in [0, 0.1) is 0 Å². The molecule has 0 saturated carbocycles. The van der Waals surface area contributed by atoms with Gasteiger partial charge in [-0.2, -0.15) is 5.10 Å². The molecular weight excluding hydrogens is 238 g/mol. The summed E-state index contributed by atoms with van der Waals surface area (Å²) in [7, 11) is 0. The van der Waals surface area contributed by atoms with Crippen LogP contribution >= 0.6 is 0 Å². The van der Waals surface area contributed by atoms with Crippen molar-refractivity contribution in [1.82, 2.24) is 15.5 Å². The van der Waals surface area contributed by atoms with Crippen molar-refractivity contribution >= 4 is 0 Å². The number of hydrogen-bond acceptors (Lipinski definition) is 3. The molecule has 0 aliphatic rings. The van der Waals surface area contributed by atoms with Crippen LogP contribution in [0.1, 0.15) is 11.3 Å². The summed E-state index contributed by atoms with van der Waals surface area (Å²) in [6.07, 6.45) is 3.45. The molecule has 3 rings (SSSR count). The molecule has 0 spiro atoms. The van der Waals surface area contributed by atoms with Crippen molar-refractivity contribution in [1.29, 1.82) is 0 Å². The Labute approximate surface area is 111 Å². The number of hydrogen-bond donors (Lipinski definition) is 2. The standard InChI is InChI=1S/C15H15N3O/c1-2-14(19-9-1)11-16-10-12-3-5-13(6-4-12)15-7-8-17-18-15/h1-9,16H,10-11H2,(H,17,18). The highest BCUT2D eigenvalue weighted by atomic mass is 16.3. The molecule has 4 nitrogen and oxygen atoms in total. The fourth-order valence-corrected chi connectivity index (χ4v) is 1.96. The Bertz CT molecular complexity index is 597. The number of nitrogens with zero attached hydrogens (tertiary/aromatic N) is 1. The van der Waals surface area contributed by atoms with Gasteiger partial charge in [-0.1, -0.05) is 24.3 Å². The molecule has 3 aromatic rings. The Morgan fingerprint density at radius 2 is 1.95 bits per heavy atom. The molecule has 2 N–H and O–H groups in total. The lowest BCUT2D eigenvalue weighted by atomic mass is 10.1. The van der Waals surface area contributed by atoms with Gasteiger partial charge in [-0.3, -0.25) is 5.10 Å². The summed E-state index contributed by atoms with van der Waals surface area (Å²) in [6.45, 7) is 1.57. The zero-order valence-electron chi connectivity index (χ0n) is 10.5. The topological polar surface area (TPSA) is 53.9 Å². The SMILES string of the molecule is c1coc(CNCc2ccc(-c3ccn[nH]3)cc2)c1. The van der Waals surface area contributed by atoms with Crippen LogP contribution in [0.5, 0.6) is 0 Å². The highest BCUT2D eigenvalue weighted by Crippen LogP contribution is 2.16. The molecule has 0 radical (unpaired) electrons. The van der Waals surface area contributed by atoms with Crippen molar-refractivity contribution in [3.05, 3.63) is 66.2 Å². The Balaban J connectivity index is 1.57. The van der Waals surface area contributed by atoms with Gasteiger partial charge in [0.25, 0.3) is 0 Å². The van der Waals surface area contributed by atoms with E-state index in [1.165, 1.54) is 5.56 Å². The van der Waals surface area contributed by atoms with Crippen LogP contribution in [0.4, 0.5) is 0 Å². The van der Waals surface area contributed by atoms with Gasteiger partial charge in [0.2, 0.25) is 0 Å². The zero-order valence-corrected chi connectivity index (χ0v) is 10.5. The van der Waals surface area contributed by atoms with E-state index < -0.39 is 0 Å². The van der Waals surface area contributed by atoms with Gasteiger partial charge < -0.3 is 9.73 Å². The number of nitrogens with one attached hydrogen (secondary N) is 2. The van der Waals surface area contributed by atoms with Crippen LogP contribution in [-0.2, 0) is 13.1 Å². The quantitative estimate of drug-likeness (QED) is 0.735. The Morgan fingerprint density at radius 3 is 2.63 bits per heavy atom. The third kappa shape index (κ3) is 2.92. The summed E-state index contributed by atoms with van der Waals surface area (Å²) in [5, 5.41) is 10.3. The van der Waals surface area contributed by atoms with E-state index in [-0.39, 0.29) is 0 Å². The minimum absolute atomic E-state index is 0.745. The second kappa shape index (κ2) is 5.54. The highest BCUT2D eigenvalue weighted by Gasteiger charge is 1.99. The fraction of sp³-hybridized carbons (Fsp3) is 0.133. The van der Waals surface area contributed by atoms with E-state index >= 15 is 0 Å². The van der Waals surface area contributed by atoms with Gasteiger partial charge >= 0.3 is 0 Å². The normalized spacial score (nSPS) is 10.7. The molecule has 0 atom stereocenters. The first-order valence-corrected chi connectivity index (χ1v) is 6.23.